The van der Waals surface area contributed by atoms with E-state index in [2.05, 4.69) is 93.7 Å². The monoisotopic (exact) mass is 907 g/mol. The van der Waals surface area contributed by atoms with Gasteiger partial charge >= 0.3 is 17.9 Å². The van der Waals surface area contributed by atoms with Crippen LogP contribution in [0.5, 0.6) is 0 Å². The molecule has 0 saturated heterocycles. The van der Waals surface area contributed by atoms with Gasteiger partial charge in [-0.15, -0.1) is 0 Å². The highest BCUT2D eigenvalue weighted by molar-refractivity contribution is 5.71. The topological polar surface area (TPSA) is 78.9 Å². The number of esters is 3. The number of carbonyl (C=O) groups excluding carboxylic acids is 3. The van der Waals surface area contributed by atoms with E-state index in [1.807, 2.05) is 0 Å². The summed E-state index contributed by atoms with van der Waals surface area (Å²) in [5.74, 6) is -0.928. The molecule has 0 amide bonds. The Morgan fingerprint density at radius 3 is 1.00 bits per heavy atom. The number of carbonyl (C=O) groups is 3. The maximum atomic E-state index is 12.8. The van der Waals surface area contributed by atoms with Crippen molar-refractivity contribution >= 4 is 17.9 Å². The van der Waals surface area contributed by atoms with Crippen molar-refractivity contribution in [2.24, 2.45) is 0 Å². The standard InChI is InChI=1S/C59H102O6/c1-4-7-10-13-16-19-22-25-27-28-29-30-32-34-37-40-43-46-49-52-58(61)64-55-56(54-63-57(60)51-48-45-42-39-36-33-24-21-18-15-12-9-6-3)65-59(62)53-50-47-44-41-38-35-31-26-23-20-17-14-11-8-5-2/h9,12,16,18-19,21,25-27,31,33,36,56H,4-8,10-11,13-15,17,20,22-24,28-30,32,34-35,37-55H2,1-3H3/b12-9-,19-16-,21-18-,27-25-,31-26-,36-33-. The molecule has 1 atom stereocenters. The first-order valence-corrected chi connectivity index (χ1v) is 27.4. The smallest absolute Gasteiger partial charge is 0.306 e. The van der Waals surface area contributed by atoms with Crippen molar-refractivity contribution in [2.75, 3.05) is 13.2 Å². The van der Waals surface area contributed by atoms with Crippen LogP contribution in [-0.4, -0.2) is 37.2 Å². The van der Waals surface area contributed by atoms with Crippen LogP contribution < -0.4 is 0 Å². The van der Waals surface area contributed by atoms with E-state index in [1.165, 1.54) is 122 Å². The van der Waals surface area contributed by atoms with Gasteiger partial charge in [-0.2, -0.15) is 0 Å². The minimum Gasteiger partial charge on any atom is -0.462 e. The Morgan fingerprint density at radius 2 is 0.600 bits per heavy atom. The number of hydrogen-bond donors (Lipinski definition) is 0. The molecule has 0 N–H and O–H groups in total. The summed E-state index contributed by atoms with van der Waals surface area (Å²) in [6.07, 6.45) is 67.4. The van der Waals surface area contributed by atoms with Gasteiger partial charge in [-0.25, -0.2) is 0 Å². The Kier molecular flexibility index (Phi) is 50.9. The zero-order chi connectivity index (χ0) is 47.2. The maximum absolute atomic E-state index is 12.8. The Labute approximate surface area is 402 Å². The van der Waals surface area contributed by atoms with Crippen molar-refractivity contribution < 1.29 is 28.6 Å². The molecule has 0 aliphatic heterocycles. The van der Waals surface area contributed by atoms with E-state index in [1.54, 1.807) is 0 Å². The van der Waals surface area contributed by atoms with Gasteiger partial charge in [-0.1, -0.05) is 209 Å². The summed E-state index contributed by atoms with van der Waals surface area (Å²) in [6, 6.07) is 0. The molecule has 0 rings (SSSR count). The molecule has 6 heteroatoms. The summed E-state index contributed by atoms with van der Waals surface area (Å²) in [5, 5.41) is 0. The molecule has 0 fully saturated rings. The lowest BCUT2D eigenvalue weighted by Crippen LogP contribution is -2.30. The van der Waals surface area contributed by atoms with Crippen molar-refractivity contribution in [2.45, 2.75) is 271 Å². The summed E-state index contributed by atoms with van der Waals surface area (Å²) in [4.78, 5) is 38.1. The van der Waals surface area contributed by atoms with E-state index in [9.17, 15) is 14.4 Å². The molecule has 0 heterocycles. The van der Waals surface area contributed by atoms with E-state index in [-0.39, 0.29) is 31.1 Å². The van der Waals surface area contributed by atoms with E-state index in [0.29, 0.717) is 19.3 Å². The number of ether oxygens (including phenoxy) is 3. The van der Waals surface area contributed by atoms with Crippen LogP contribution in [0.4, 0.5) is 0 Å². The Balaban J connectivity index is 4.40. The molecule has 0 saturated carbocycles. The first-order chi connectivity index (χ1) is 32.0. The van der Waals surface area contributed by atoms with Crippen molar-refractivity contribution in [3.05, 3.63) is 72.9 Å². The quantitative estimate of drug-likeness (QED) is 0.0262. The fraction of sp³-hybridized carbons (Fsp3) is 0.746. The molecule has 6 nitrogen and oxygen atoms in total. The van der Waals surface area contributed by atoms with Gasteiger partial charge in [0.2, 0.25) is 0 Å². The number of rotatable bonds is 49. The molecular weight excluding hydrogens is 805 g/mol. The summed E-state index contributed by atoms with van der Waals surface area (Å²) >= 11 is 0. The lowest BCUT2D eigenvalue weighted by atomic mass is 10.1. The zero-order valence-corrected chi connectivity index (χ0v) is 42.7. The van der Waals surface area contributed by atoms with E-state index >= 15 is 0 Å². The van der Waals surface area contributed by atoms with Gasteiger partial charge in [-0.3, -0.25) is 14.4 Å². The average Bonchev–Trinajstić information content (AvgIpc) is 3.30. The summed E-state index contributed by atoms with van der Waals surface area (Å²) in [5.41, 5.74) is 0. The Bertz CT molecular complexity index is 1230. The highest BCUT2D eigenvalue weighted by atomic mass is 16.6. The van der Waals surface area contributed by atoms with Gasteiger partial charge < -0.3 is 14.2 Å². The second-order valence-corrected chi connectivity index (χ2v) is 18.1. The molecule has 0 spiro atoms. The predicted octanol–water partition coefficient (Wildman–Crippen LogP) is 18.2. The molecule has 0 aromatic heterocycles. The molecule has 374 valence electrons. The predicted molar refractivity (Wildman–Crippen MR) is 279 cm³/mol. The van der Waals surface area contributed by atoms with Crippen molar-refractivity contribution in [1.29, 1.82) is 0 Å². The molecule has 65 heavy (non-hydrogen) atoms. The van der Waals surface area contributed by atoms with Gasteiger partial charge in [0, 0.05) is 19.3 Å². The lowest BCUT2D eigenvalue weighted by molar-refractivity contribution is -0.167. The fourth-order valence-corrected chi connectivity index (χ4v) is 7.54. The molecule has 0 bridgehead atoms. The Hall–Kier alpha value is -3.15. The summed E-state index contributed by atoms with van der Waals surface area (Å²) < 4.78 is 16.8. The van der Waals surface area contributed by atoms with Gasteiger partial charge in [0.15, 0.2) is 6.10 Å². The van der Waals surface area contributed by atoms with Crippen LogP contribution in [-0.2, 0) is 28.6 Å². The van der Waals surface area contributed by atoms with Crippen LogP contribution in [0.25, 0.3) is 0 Å². The number of allylic oxidation sites excluding steroid dienone is 12. The van der Waals surface area contributed by atoms with Crippen LogP contribution >= 0.6 is 0 Å². The number of hydrogen-bond acceptors (Lipinski definition) is 6. The highest BCUT2D eigenvalue weighted by Crippen LogP contribution is 2.14. The van der Waals surface area contributed by atoms with E-state index in [0.717, 1.165) is 103 Å². The maximum Gasteiger partial charge on any atom is 0.306 e. The average molecular weight is 907 g/mol. The van der Waals surface area contributed by atoms with E-state index in [4.69, 9.17) is 14.2 Å². The largest absolute Gasteiger partial charge is 0.462 e. The first-order valence-electron chi connectivity index (χ1n) is 27.4. The minimum absolute atomic E-state index is 0.0901. The molecule has 0 aliphatic rings. The minimum atomic E-state index is -0.793. The normalized spacial score (nSPS) is 12.6. The van der Waals surface area contributed by atoms with Gasteiger partial charge in [-0.05, 0) is 109 Å². The zero-order valence-electron chi connectivity index (χ0n) is 42.7. The van der Waals surface area contributed by atoms with Crippen molar-refractivity contribution in [1.82, 2.24) is 0 Å². The lowest BCUT2D eigenvalue weighted by Gasteiger charge is -2.18. The number of unbranched alkanes of at least 4 members (excludes halogenated alkanes) is 26. The van der Waals surface area contributed by atoms with Crippen molar-refractivity contribution in [3.63, 3.8) is 0 Å². The molecular formula is C59H102O6. The van der Waals surface area contributed by atoms with E-state index < -0.39 is 6.10 Å². The molecule has 0 aliphatic carbocycles. The summed E-state index contributed by atoms with van der Waals surface area (Å²) in [6.45, 7) is 6.47. The second-order valence-electron chi connectivity index (χ2n) is 18.1. The fourth-order valence-electron chi connectivity index (χ4n) is 7.54. The van der Waals surface area contributed by atoms with Crippen molar-refractivity contribution in [3.8, 4) is 0 Å². The third kappa shape index (κ3) is 51.7. The Morgan fingerprint density at radius 1 is 0.323 bits per heavy atom. The molecule has 0 radical (unpaired) electrons. The third-order valence-electron chi connectivity index (χ3n) is 11.7. The van der Waals surface area contributed by atoms with Crippen LogP contribution in [0.3, 0.4) is 0 Å². The summed E-state index contributed by atoms with van der Waals surface area (Å²) in [7, 11) is 0. The second kappa shape index (κ2) is 53.5. The molecule has 0 aromatic rings. The third-order valence-corrected chi connectivity index (χ3v) is 11.7. The van der Waals surface area contributed by atoms with Crippen LogP contribution in [0, 0.1) is 0 Å². The molecule has 0 aromatic carbocycles. The van der Waals surface area contributed by atoms with Crippen LogP contribution in [0.1, 0.15) is 265 Å². The first kappa shape index (κ1) is 61.9. The SMILES string of the molecule is CC/C=C\C/C=C\C/C=C\CCCCCC(=O)OCC(COC(=O)CCCCCCCCCCC/C=C\C/C=C\CCCCC)OC(=O)CCCCCCC/C=C\CCCCCCCC. The van der Waals surface area contributed by atoms with Crippen LogP contribution in [0.2, 0.25) is 0 Å². The van der Waals surface area contributed by atoms with Crippen LogP contribution in [0.15, 0.2) is 72.9 Å². The van der Waals surface area contributed by atoms with Gasteiger partial charge in [0.25, 0.3) is 0 Å². The van der Waals surface area contributed by atoms with Gasteiger partial charge in [0.1, 0.15) is 13.2 Å². The molecule has 1 unspecified atom stereocenters. The van der Waals surface area contributed by atoms with Gasteiger partial charge in [0.05, 0.1) is 0 Å². The highest BCUT2D eigenvalue weighted by Gasteiger charge is 2.19.